The average Bonchev–Trinajstić information content (AvgIpc) is 3.93. The Kier molecular flexibility index (Phi) is 6.62. The normalized spacial score (nSPS) is 13.5. The van der Waals surface area contributed by atoms with Crippen molar-refractivity contribution < 1.29 is 13.9 Å². The second-order valence-electron chi connectivity index (χ2n) is 15.5. The molecule has 13 rings (SSSR count). The zero-order valence-corrected chi connectivity index (χ0v) is 31.7. The molecule has 0 fully saturated rings. The lowest BCUT2D eigenvalue weighted by molar-refractivity contribution is 0.355. The number of hydrogen-bond donors (Lipinski definition) is 0. The summed E-state index contributed by atoms with van der Waals surface area (Å²) in [6.07, 6.45) is 0. The molecule has 2 aliphatic carbocycles. The molecular formula is C55H33NO3. The van der Waals surface area contributed by atoms with Gasteiger partial charge >= 0.3 is 0 Å². The largest absolute Gasteiger partial charge is 0.456 e. The molecule has 3 aliphatic rings. The third-order valence-corrected chi connectivity index (χ3v) is 12.5. The monoisotopic (exact) mass is 755 g/mol. The molecule has 59 heavy (non-hydrogen) atoms. The highest BCUT2D eigenvalue weighted by Gasteiger charge is 2.54. The Morgan fingerprint density at radius 3 is 1.71 bits per heavy atom. The van der Waals surface area contributed by atoms with Crippen LogP contribution < -0.4 is 14.4 Å². The summed E-state index contributed by atoms with van der Waals surface area (Å²) in [5, 5.41) is 2.22. The predicted molar refractivity (Wildman–Crippen MR) is 237 cm³/mol. The van der Waals surface area contributed by atoms with E-state index in [0.717, 1.165) is 67.0 Å². The Morgan fingerprint density at radius 1 is 0.373 bits per heavy atom. The number of hydrogen-bond acceptors (Lipinski definition) is 4. The van der Waals surface area contributed by atoms with Gasteiger partial charge in [0.05, 0.1) is 16.8 Å². The number of furan rings is 1. The topological polar surface area (TPSA) is 34.8 Å². The SMILES string of the molecule is c1ccc(N(c2ccccc2-c2ccc3c(c2)oc2ccccc23)c2cccc3c2Oc2ccc4c(c2O3)C2(c3ccccc3-c3ccccc32)c2ccccc2-4)cc1. The molecule has 2 heterocycles. The molecule has 0 amide bonds. The van der Waals surface area contributed by atoms with Crippen LogP contribution >= 0.6 is 0 Å². The fourth-order valence-electron chi connectivity index (χ4n) is 10.2. The summed E-state index contributed by atoms with van der Waals surface area (Å²) in [7, 11) is 0. The first-order valence-corrected chi connectivity index (χ1v) is 20.1. The first-order valence-electron chi connectivity index (χ1n) is 20.1. The fourth-order valence-corrected chi connectivity index (χ4v) is 10.2. The van der Waals surface area contributed by atoms with Gasteiger partial charge in [-0.25, -0.2) is 0 Å². The molecule has 0 unspecified atom stereocenters. The molecule has 0 bridgehead atoms. The standard InChI is InChI=1S/C55H33NO3/c1-2-15-35(16-3-1)56(46-25-12-7-17-36(46)34-29-30-41-40-21-8-13-27-48(40)57-51(41)33-34)47-26-14-28-49-53(47)58-50-32-31-42-39-20-6-11-24-45(39)55(52(42)54(50)59-49)43-22-9-4-18-37(43)38-19-5-10-23-44(38)55/h1-33H. The van der Waals surface area contributed by atoms with E-state index in [4.69, 9.17) is 13.9 Å². The molecule has 10 aromatic rings. The molecule has 1 spiro atoms. The molecule has 0 radical (unpaired) electrons. The maximum Gasteiger partial charge on any atom is 0.194 e. The number of ether oxygens (including phenoxy) is 2. The minimum absolute atomic E-state index is 0.571. The summed E-state index contributed by atoms with van der Waals surface area (Å²) in [6.45, 7) is 0. The van der Waals surface area contributed by atoms with Crippen LogP contribution in [0, 0.1) is 0 Å². The van der Waals surface area contributed by atoms with E-state index in [9.17, 15) is 0 Å². The van der Waals surface area contributed by atoms with E-state index in [1.807, 2.05) is 24.3 Å². The predicted octanol–water partition coefficient (Wildman–Crippen LogP) is 15.0. The van der Waals surface area contributed by atoms with E-state index in [-0.39, 0.29) is 0 Å². The van der Waals surface area contributed by atoms with Crippen LogP contribution in [0.3, 0.4) is 0 Å². The zero-order chi connectivity index (χ0) is 38.7. The van der Waals surface area contributed by atoms with Crippen LogP contribution in [0.25, 0.3) is 55.3 Å². The Labute approximate surface area is 340 Å². The second-order valence-corrected chi connectivity index (χ2v) is 15.5. The Bertz CT molecular complexity index is 3300. The maximum absolute atomic E-state index is 7.26. The quantitative estimate of drug-likeness (QED) is 0.179. The summed E-state index contributed by atoms with van der Waals surface area (Å²) in [6, 6.07) is 70.8. The maximum atomic E-state index is 7.26. The molecule has 4 heteroatoms. The van der Waals surface area contributed by atoms with Gasteiger partial charge in [0.1, 0.15) is 11.2 Å². The minimum atomic E-state index is -0.571. The van der Waals surface area contributed by atoms with Gasteiger partial charge < -0.3 is 18.8 Å². The fraction of sp³-hybridized carbons (Fsp3) is 0.0182. The molecule has 1 aromatic heterocycles. The highest BCUT2D eigenvalue weighted by molar-refractivity contribution is 6.06. The van der Waals surface area contributed by atoms with Gasteiger partial charge in [-0.3, -0.25) is 0 Å². The van der Waals surface area contributed by atoms with Crippen LogP contribution in [-0.4, -0.2) is 0 Å². The van der Waals surface area contributed by atoms with Crippen LogP contribution in [0.4, 0.5) is 17.1 Å². The molecular weight excluding hydrogens is 723 g/mol. The molecule has 0 saturated heterocycles. The molecule has 9 aromatic carbocycles. The third-order valence-electron chi connectivity index (χ3n) is 12.5. The summed E-state index contributed by atoms with van der Waals surface area (Å²) >= 11 is 0. The van der Waals surface area contributed by atoms with Crippen molar-refractivity contribution in [3.8, 4) is 56.4 Å². The van der Waals surface area contributed by atoms with Gasteiger partial charge in [-0.15, -0.1) is 0 Å². The van der Waals surface area contributed by atoms with Gasteiger partial charge in [-0.2, -0.15) is 0 Å². The van der Waals surface area contributed by atoms with Crippen LogP contribution in [0.1, 0.15) is 22.3 Å². The third kappa shape index (κ3) is 4.37. The number of fused-ring (bicyclic) bond motifs is 16. The van der Waals surface area contributed by atoms with Gasteiger partial charge in [-0.1, -0.05) is 146 Å². The summed E-state index contributed by atoms with van der Waals surface area (Å²) < 4.78 is 20.8. The number of rotatable bonds is 4. The van der Waals surface area contributed by atoms with Crippen molar-refractivity contribution in [3.63, 3.8) is 0 Å². The van der Waals surface area contributed by atoms with Crippen LogP contribution in [0.5, 0.6) is 23.0 Å². The number of anilines is 3. The van der Waals surface area contributed by atoms with E-state index in [1.54, 1.807) is 0 Å². The van der Waals surface area contributed by atoms with Crippen molar-refractivity contribution in [2.45, 2.75) is 5.41 Å². The van der Waals surface area contributed by atoms with Gasteiger partial charge in [0.15, 0.2) is 23.0 Å². The second kappa shape index (κ2) is 12.1. The molecule has 4 nitrogen and oxygen atoms in total. The molecule has 0 saturated carbocycles. The Morgan fingerprint density at radius 2 is 0.949 bits per heavy atom. The molecule has 1 aliphatic heterocycles. The number of para-hydroxylation sites is 4. The van der Waals surface area contributed by atoms with E-state index in [2.05, 4.69) is 181 Å². The smallest absolute Gasteiger partial charge is 0.194 e. The van der Waals surface area contributed by atoms with Gasteiger partial charge in [0.2, 0.25) is 0 Å². The lowest BCUT2D eigenvalue weighted by Crippen LogP contribution is -2.26. The highest BCUT2D eigenvalue weighted by Crippen LogP contribution is 2.67. The van der Waals surface area contributed by atoms with Crippen LogP contribution in [0.15, 0.2) is 205 Å². The number of nitrogens with zero attached hydrogens (tertiary/aromatic N) is 1. The summed E-state index contributed by atoms with van der Waals surface area (Å²) in [5.74, 6) is 2.76. The van der Waals surface area contributed by atoms with Gasteiger partial charge in [-0.05, 0) is 99.1 Å². The molecule has 0 N–H and O–H groups in total. The minimum Gasteiger partial charge on any atom is -0.456 e. The van der Waals surface area contributed by atoms with E-state index >= 15 is 0 Å². The van der Waals surface area contributed by atoms with Crippen molar-refractivity contribution in [2.75, 3.05) is 4.90 Å². The lowest BCUT2D eigenvalue weighted by atomic mass is 9.70. The first-order chi connectivity index (χ1) is 29.3. The van der Waals surface area contributed by atoms with E-state index < -0.39 is 5.41 Å². The van der Waals surface area contributed by atoms with Gasteiger partial charge in [0, 0.05) is 27.6 Å². The van der Waals surface area contributed by atoms with Crippen molar-refractivity contribution >= 4 is 39.0 Å². The summed E-state index contributed by atoms with van der Waals surface area (Å²) in [4.78, 5) is 2.28. The van der Waals surface area contributed by atoms with Crippen molar-refractivity contribution in [3.05, 3.63) is 222 Å². The van der Waals surface area contributed by atoms with Crippen LogP contribution in [0.2, 0.25) is 0 Å². The van der Waals surface area contributed by atoms with Crippen molar-refractivity contribution in [1.82, 2.24) is 0 Å². The molecule has 0 atom stereocenters. The van der Waals surface area contributed by atoms with E-state index in [1.165, 1.54) is 33.4 Å². The number of benzene rings is 9. The molecule has 276 valence electrons. The average molecular weight is 756 g/mol. The van der Waals surface area contributed by atoms with Crippen LogP contribution in [-0.2, 0) is 5.41 Å². The zero-order valence-electron chi connectivity index (χ0n) is 31.7. The van der Waals surface area contributed by atoms with E-state index in [0.29, 0.717) is 17.2 Å². The summed E-state index contributed by atoms with van der Waals surface area (Å²) in [5.41, 5.74) is 15.9. The first kappa shape index (κ1) is 32.3. The van der Waals surface area contributed by atoms with Gasteiger partial charge in [0.25, 0.3) is 0 Å². The lowest BCUT2D eigenvalue weighted by Gasteiger charge is -2.35. The Balaban J connectivity index is 0.997. The highest BCUT2D eigenvalue weighted by atomic mass is 16.6. The Hall–Kier alpha value is -7.82. The van der Waals surface area contributed by atoms with Crippen molar-refractivity contribution in [2.24, 2.45) is 0 Å². The van der Waals surface area contributed by atoms with Crippen molar-refractivity contribution in [1.29, 1.82) is 0 Å².